The Labute approximate surface area is 212 Å². The minimum atomic E-state index is -0.975. The molecule has 3 N–H and O–H groups in total. The molecule has 3 rings (SSSR count). The summed E-state index contributed by atoms with van der Waals surface area (Å²) < 4.78 is 5.27. The highest BCUT2D eigenvalue weighted by atomic mass is 16.5. The van der Waals surface area contributed by atoms with Crippen molar-refractivity contribution in [2.24, 2.45) is 5.92 Å². The SMILES string of the molecule is CC(C)CC(NC(=O)OCc1ccccc1)C(=O)NC1CCCc2cccc(c2)CCNC(=O)C1=O. The van der Waals surface area contributed by atoms with Gasteiger partial charge in [0, 0.05) is 6.54 Å². The second-order valence-electron chi connectivity index (χ2n) is 9.53. The quantitative estimate of drug-likeness (QED) is 0.513. The van der Waals surface area contributed by atoms with E-state index in [0.717, 1.165) is 23.1 Å². The molecular weight excluding hydrogens is 458 g/mol. The number of ether oxygens (including phenoxy) is 1. The van der Waals surface area contributed by atoms with E-state index in [2.05, 4.69) is 22.0 Å². The third kappa shape index (κ3) is 8.52. The molecule has 8 nitrogen and oxygen atoms in total. The lowest BCUT2D eigenvalue weighted by Crippen LogP contribution is -2.54. The molecule has 2 aromatic carbocycles. The van der Waals surface area contributed by atoms with Crippen molar-refractivity contribution in [1.29, 1.82) is 0 Å². The average molecular weight is 494 g/mol. The Morgan fingerprint density at radius 1 is 1.03 bits per heavy atom. The Bertz CT molecular complexity index is 1050. The van der Waals surface area contributed by atoms with Gasteiger partial charge in [-0.3, -0.25) is 14.4 Å². The summed E-state index contributed by atoms with van der Waals surface area (Å²) in [6.45, 7) is 4.27. The summed E-state index contributed by atoms with van der Waals surface area (Å²) in [7, 11) is 0. The molecule has 0 spiro atoms. The molecular formula is C28H35N3O5. The van der Waals surface area contributed by atoms with E-state index in [1.807, 2.05) is 62.4 Å². The topological polar surface area (TPSA) is 114 Å². The number of ketones is 1. The van der Waals surface area contributed by atoms with E-state index in [-0.39, 0.29) is 12.5 Å². The molecule has 0 aliphatic carbocycles. The van der Waals surface area contributed by atoms with E-state index >= 15 is 0 Å². The summed E-state index contributed by atoms with van der Waals surface area (Å²) >= 11 is 0. The fraction of sp³-hybridized carbons (Fsp3) is 0.429. The van der Waals surface area contributed by atoms with Crippen molar-refractivity contribution >= 4 is 23.7 Å². The third-order valence-corrected chi connectivity index (χ3v) is 6.03. The van der Waals surface area contributed by atoms with Gasteiger partial charge in [-0.2, -0.15) is 0 Å². The number of nitrogens with one attached hydrogen (secondary N) is 3. The lowest BCUT2D eigenvalue weighted by molar-refractivity contribution is -0.140. The maximum Gasteiger partial charge on any atom is 0.408 e. The fourth-order valence-electron chi connectivity index (χ4n) is 4.17. The average Bonchev–Trinajstić information content (AvgIpc) is 2.86. The smallest absolute Gasteiger partial charge is 0.408 e. The summed E-state index contributed by atoms with van der Waals surface area (Å²) in [5, 5.41) is 8.00. The molecule has 192 valence electrons. The molecule has 0 aromatic heterocycles. The Morgan fingerprint density at radius 3 is 2.47 bits per heavy atom. The van der Waals surface area contributed by atoms with Gasteiger partial charge >= 0.3 is 6.09 Å². The fourth-order valence-corrected chi connectivity index (χ4v) is 4.17. The maximum atomic E-state index is 13.2. The van der Waals surface area contributed by atoms with Crippen LogP contribution in [0.5, 0.6) is 0 Å². The molecule has 0 saturated carbocycles. The number of hydrogen-bond donors (Lipinski definition) is 3. The summed E-state index contributed by atoms with van der Waals surface area (Å²) in [5.74, 6) is -1.81. The van der Waals surface area contributed by atoms with Crippen molar-refractivity contribution < 1.29 is 23.9 Å². The van der Waals surface area contributed by atoms with E-state index in [1.165, 1.54) is 0 Å². The predicted molar refractivity (Wildman–Crippen MR) is 136 cm³/mol. The van der Waals surface area contributed by atoms with E-state index in [0.29, 0.717) is 32.2 Å². The Morgan fingerprint density at radius 2 is 1.75 bits per heavy atom. The highest BCUT2D eigenvalue weighted by Gasteiger charge is 2.30. The van der Waals surface area contributed by atoms with Crippen molar-refractivity contribution in [2.75, 3.05) is 6.54 Å². The Kier molecular flexibility index (Phi) is 10.0. The zero-order valence-corrected chi connectivity index (χ0v) is 20.9. The molecule has 36 heavy (non-hydrogen) atoms. The van der Waals surface area contributed by atoms with Crippen molar-refractivity contribution in [3.63, 3.8) is 0 Å². The van der Waals surface area contributed by atoms with Crippen LogP contribution in [-0.2, 0) is 38.6 Å². The van der Waals surface area contributed by atoms with Crippen LogP contribution in [0.15, 0.2) is 54.6 Å². The number of hydrogen-bond acceptors (Lipinski definition) is 5. The van der Waals surface area contributed by atoms with Gasteiger partial charge in [0.25, 0.3) is 5.91 Å². The van der Waals surface area contributed by atoms with E-state index in [1.54, 1.807) is 0 Å². The minimum absolute atomic E-state index is 0.0746. The zero-order valence-electron chi connectivity index (χ0n) is 20.9. The van der Waals surface area contributed by atoms with Crippen LogP contribution in [0.4, 0.5) is 4.79 Å². The highest BCUT2D eigenvalue weighted by molar-refractivity contribution is 6.38. The lowest BCUT2D eigenvalue weighted by atomic mass is 9.98. The first-order chi connectivity index (χ1) is 17.3. The van der Waals surface area contributed by atoms with Gasteiger partial charge in [-0.25, -0.2) is 4.79 Å². The van der Waals surface area contributed by atoms with Crippen molar-refractivity contribution in [2.45, 2.75) is 64.6 Å². The van der Waals surface area contributed by atoms with Gasteiger partial charge in [0.2, 0.25) is 11.7 Å². The predicted octanol–water partition coefficient (Wildman–Crippen LogP) is 3.08. The summed E-state index contributed by atoms with van der Waals surface area (Å²) in [5.41, 5.74) is 3.08. The molecule has 1 aliphatic heterocycles. The van der Waals surface area contributed by atoms with Crippen LogP contribution in [0.2, 0.25) is 0 Å². The van der Waals surface area contributed by atoms with Gasteiger partial charge in [0.1, 0.15) is 12.6 Å². The number of Topliss-reactive ketones (excluding diaryl/α,β-unsaturated/α-hetero) is 1. The van der Waals surface area contributed by atoms with Gasteiger partial charge in [-0.05, 0) is 54.7 Å². The van der Waals surface area contributed by atoms with Crippen molar-refractivity contribution in [3.05, 3.63) is 71.3 Å². The molecule has 2 bridgehead atoms. The standard InChI is InChI=1S/C28H35N3O5/c1-19(2)16-24(31-28(35)36-18-22-8-4-3-5-9-22)26(33)30-23-13-7-12-20-10-6-11-21(17-20)14-15-29-27(34)25(23)32/h3-6,8-11,17,19,23-24H,7,12-16,18H2,1-2H3,(H,29,34)(H,30,33)(H,31,35). The number of carbonyl (C=O) groups is 4. The number of benzene rings is 2. The van der Waals surface area contributed by atoms with E-state index < -0.39 is 35.8 Å². The van der Waals surface area contributed by atoms with Crippen molar-refractivity contribution in [1.82, 2.24) is 16.0 Å². The molecule has 0 radical (unpaired) electrons. The molecule has 2 aromatic rings. The first-order valence-electron chi connectivity index (χ1n) is 12.5. The molecule has 0 saturated heterocycles. The maximum absolute atomic E-state index is 13.2. The second kappa shape index (κ2) is 13.4. The number of carbonyl (C=O) groups excluding carboxylic acids is 4. The molecule has 2 unspecified atom stereocenters. The number of fused-ring (bicyclic) bond motifs is 2. The molecule has 8 heteroatoms. The highest BCUT2D eigenvalue weighted by Crippen LogP contribution is 2.13. The Balaban J connectivity index is 1.65. The number of aryl methyl sites for hydroxylation is 1. The van der Waals surface area contributed by atoms with Crippen molar-refractivity contribution in [3.8, 4) is 0 Å². The monoisotopic (exact) mass is 493 g/mol. The summed E-state index contributed by atoms with van der Waals surface area (Å²) in [6, 6.07) is 15.5. The van der Waals surface area contributed by atoms with Gasteiger partial charge in [-0.15, -0.1) is 0 Å². The second-order valence-corrected chi connectivity index (χ2v) is 9.53. The number of alkyl carbamates (subject to hydrolysis) is 1. The van der Waals surface area contributed by atoms with Crippen LogP contribution in [0.25, 0.3) is 0 Å². The van der Waals surface area contributed by atoms with Crippen LogP contribution >= 0.6 is 0 Å². The number of rotatable bonds is 7. The number of amides is 3. The molecule has 1 heterocycles. The van der Waals surface area contributed by atoms with Gasteiger partial charge < -0.3 is 20.7 Å². The van der Waals surface area contributed by atoms with Crippen LogP contribution in [0.3, 0.4) is 0 Å². The lowest BCUT2D eigenvalue weighted by Gasteiger charge is -2.24. The normalized spacial score (nSPS) is 17.2. The van der Waals surface area contributed by atoms with Crippen LogP contribution in [0.1, 0.15) is 49.8 Å². The zero-order chi connectivity index (χ0) is 25.9. The van der Waals surface area contributed by atoms with Crippen LogP contribution in [-0.4, -0.2) is 42.3 Å². The Hall–Kier alpha value is -3.68. The van der Waals surface area contributed by atoms with Crippen LogP contribution in [0, 0.1) is 5.92 Å². The summed E-state index contributed by atoms with van der Waals surface area (Å²) in [6.07, 6.45) is 1.92. The van der Waals surface area contributed by atoms with Gasteiger partial charge in [-0.1, -0.05) is 68.4 Å². The molecule has 0 fully saturated rings. The van der Waals surface area contributed by atoms with Gasteiger partial charge in [0.05, 0.1) is 6.04 Å². The van der Waals surface area contributed by atoms with E-state index in [4.69, 9.17) is 4.74 Å². The first kappa shape index (κ1) is 26.9. The molecule has 2 atom stereocenters. The summed E-state index contributed by atoms with van der Waals surface area (Å²) in [4.78, 5) is 51.0. The molecule has 1 aliphatic rings. The van der Waals surface area contributed by atoms with Crippen LogP contribution < -0.4 is 16.0 Å². The van der Waals surface area contributed by atoms with Gasteiger partial charge in [0.15, 0.2) is 0 Å². The first-order valence-corrected chi connectivity index (χ1v) is 12.5. The molecule has 3 amide bonds. The minimum Gasteiger partial charge on any atom is -0.445 e. The third-order valence-electron chi connectivity index (χ3n) is 6.03. The van der Waals surface area contributed by atoms with E-state index in [9.17, 15) is 19.2 Å². The largest absolute Gasteiger partial charge is 0.445 e.